The van der Waals surface area contributed by atoms with Gasteiger partial charge in [0.15, 0.2) is 0 Å². The molecule has 0 bridgehead atoms. The maximum Gasteiger partial charge on any atom is 0.224 e. The Morgan fingerprint density at radius 2 is 1.93 bits per heavy atom. The lowest BCUT2D eigenvalue weighted by Gasteiger charge is -2.12. The van der Waals surface area contributed by atoms with Crippen molar-refractivity contribution in [1.29, 1.82) is 0 Å². The number of hydrogen-bond acceptors (Lipinski definition) is 2. The van der Waals surface area contributed by atoms with Crippen LogP contribution in [0.4, 0.5) is 5.69 Å². The van der Waals surface area contributed by atoms with Gasteiger partial charge in [-0.1, -0.05) is 6.92 Å². The van der Waals surface area contributed by atoms with Gasteiger partial charge in [-0.15, -0.1) is 0 Å². The number of carbonyl (C=O) groups excluding carboxylic acids is 1. The van der Waals surface area contributed by atoms with Crippen LogP contribution in [0, 0.1) is 13.8 Å². The van der Waals surface area contributed by atoms with Gasteiger partial charge in [-0.05, 0) is 37.1 Å². The van der Waals surface area contributed by atoms with Gasteiger partial charge < -0.3 is 10.1 Å². The molecule has 15 heavy (non-hydrogen) atoms. The molecule has 1 aromatic carbocycles. The van der Waals surface area contributed by atoms with Crippen LogP contribution in [0.25, 0.3) is 0 Å². The molecule has 0 radical (unpaired) electrons. The Balaban J connectivity index is 3.05. The van der Waals surface area contributed by atoms with Crippen LogP contribution >= 0.6 is 0 Å². The number of rotatable bonds is 3. The van der Waals surface area contributed by atoms with Crippen LogP contribution < -0.4 is 10.1 Å². The van der Waals surface area contributed by atoms with E-state index in [0.29, 0.717) is 12.2 Å². The Bertz CT molecular complexity index is 372. The van der Waals surface area contributed by atoms with Crippen molar-refractivity contribution < 1.29 is 9.53 Å². The van der Waals surface area contributed by atoms with Gasteiger partial charge in [-0.3, -0.25) is 4.79 Å². The fourth-order valence-corrected chi connectivity index (χ4v) is 1.29. The Morgan fingerprint density at radius 3 is 2.47 bits per heavy atom. The van der Waals surface area contributed by atoms with E-state index in [0.717, 1.165) is 16.8 Å². The second-order valence-corrected chi connectivity index (χ2v) is 3.54. The molecule has 1 N–H and O–H groups in total. The molecule has 0 unspecified atom stereocenters. The summed E-state index contributed by atoms with van der Waals surface area (Å²) in [6.45, 7) is 5.85. The summed E-state index contributed by atoms with van der Waals surface area (Å²) >= 11 is 0. The fourth-order valence-electron chi connectivity index (χ4n) is 1.29. The van der Waals surface area contributed by atoms with Crippen molar-refractivity contribution >= 4 is 11.6 Å². The van der Waals surface area contributed by atoms with Crippen LogP contribution in [-0.2, 0) is 4.79 Å². The summed E-state index contributed by atoms with van der Waals surface area (Å²) in [4.78, 5) is 11.3. The Labute approximate surface area is 90.4 Å². The first-order valence-corrected chi connectivity index (χ1v) is 5.03. The third-order valence-corrected chi connectivity index (χ3v) is 2.41. The average Bonchev–Trinajstić information content (AvgIpc) is 2.22. The molecule has 3 heteroatoms. The summed E-state index contributed by atoms with van der Waals surface area (Å²) < 4.78 is 5.21. The van der Waals surface area contributed by atoms with Crippen LogP contribution in [0.15, 0.2) is 12.1 Å². The SMILES string of the molecule is CCC(=O)Nc1cc(C)c(C)cc1OC. The lowest BCUT2D eigenvalue weighted by molar-refractivity contribution is -0.115. The molecule has 3 nitrogen and oxygen atoms in total. The van der Waals surface area contributed by atoms with Crippen molar-refractivity contribution in [2.75, 3.05) is 12.4 Å². The Kier molecular flexibility index (Phi) is 3.72. The lowest BCUT2D eigenvalue weighted by Crippen LogP contribution is -2.10. The van der Waals surface area contributed by atoms with Crippen molar-refractivity contribution in [2.45, 2.75) is 27.2 Å². The van der Waals surface area contributed by atoms with E-state index in [-0.39, 0.29) is 5.91 Å². The number of aryl methyl sites for hydroxylation is 2. The largest absolute Gasteiger partial charge is 0.495 e. The van der Waals surface area contributed by atoms with Gasteiger partial charge >= 0.3 is 0 Å². The number of methoxy groups -OCH3 is 1. The van der Waals surface area contributed by atoms with Gasteiger partial charge in [-0.2, -0.15) is 0 Å². The van der Waals surface area contributed by atoms with Crippen LogP contribution in [0.5, 0.6) is 5.75 Å². The van der Waals surface area contributed by atoms with Gasteiger partial charge in [0.05, 0.1) is 12.8 Å². The minimum absolute atomic E-state index is 0.00319. The highest BCUT2D eigenvalue weighted by Gasteiger charge is 2.07. The highest BCUT2D eigenvalue weighted by Crippen LogP contribution is 2.27. The van der Waals surface area contributed by atoms with Gasteiger partial charge in [0.25, 0.3) is 0 Å². The second kappa shape index (κ2) is 4.82. The molecule has 0 heterocycles. The molecular weight excluding hydrogens is 190 g/mol. The van der Waals surface area contributed by atoms with E-state index in [1.54, 1.807) is 7.11 Å². The molecule has 0 fully saturated rings. The summed E-state index contributed by atoms with van der Waals surface area (Å²) in [6, 6.07) is 3.86. The van der Waals surface area contributed by atoms with E-state index in [1.165, 1.54) is 0 Å². The van der Waals surface area contributed by atoms with Crippen molar-refractivity contribution in [2.24, 2.45) is 0 Å². The van der Waals surface area contributed by atoms with E-state index >= 15 is 0 Å². The number of nitrogens with one attached hydrogen (secondary N) is 1. The highest BCUT2D eigenvalue weighted by atomic mass is 16.5. The maximum absolute atomic E-state index is 11.3. The van der Waals surface area contributed by atoms with E-state index < -0.39 is 0 Å². The first-order valence-electron chi connectivity index (χ1n) is 5.03. The van der Waals surface area contributed by atoms with Crippen LogP contribution in [-0.4, -0.2) is 13.0 Å². The molecule has 0 spiro atoms. The smallest absolute Gasteiger partial charge is 0.224 e. The summed E-state index contributed by atoms with van der Waals surface area (Å²) in [5.74, 6) is 0.705. The molecule has 0 atom stereocenters. The molecule has 82 valence electrons. The van der Waals surface area contributed by atoms with E-state index in [9.17, 15) is 4.79 Å². The van der Waals surface area contributed by atoms with Crippen LogP contribution in [0.3, 0.4) is 0 Å². The monoisotopic (exact) mass is 207 g/mol. The third-order valence-electron chi connectivity index (χ3n) is 2.41. The number of ether oxygens (including phenoxy) is 1. The molecule has 0 aliphatic rings. The molecule has 0 aliphatic carbocycles. The fraction of sp³-hybridized carbons (Fsp3) is 0.417. The molecule has 1 amide bonds. The molecular formula is C12H17NO2. The highest BCUT2D eigenvalue weighted by molar-refractivity contribution is 5.92. The number of carbonyl (C=O) groups is 1. The zero-order valence-electron chi connectivity index (χ0n) is 9.68. The molecule has 0 saturated heterocycles. The van der Waals surface area contributed by atoms with Crippen molar-refractivity contribution in [3.05, 3.63) is 23.3 Å². The zero-order valence-corrected chi connectivity index (χ0v) is 9.68. The topological polar surface area (TPSA) is 38.3 Å². The van der Waals surface area contributed by atoms with Gasteiger partial charge in [0, 0.05) is 6.42 Å². The predicted octanol–water partition coefficient (Wildman–Crippen LogP) is 2.66. The Morgan fingerprint density at radius 1 is 1.33 bits per heavy atom. The molecule has 1 rings (SSSR count). The molecule has 0 saturated carbocycles. The second-order valence-electron chi connectivity index (χ2n) is 3.54. The Hall–Kier alpha value is -1.51. The predicted molar refractivity (Wildman–Crippen MR) is 61.4 cm³/mol. The van der Waals surface area contributed by atoms with Gasteiger partial charge in [0.2, 0.25) is 5.91 Å². The number of benzene rings is 1. The molecule has 0 aliphatic heterocycles. The summed E-state index contributed by atoms with van der Waals surface area (Å²) in [7, 11) is 1.60. The van der Waals surface area contributed by atoms with E-state index in [1.807, 2.05) is 32.9 Å². The average molecular weight is 207 g/mol. The quantitative estimate of drug-likeness (QED) is 0.827. The normalized spacial score (nSPS) is 9.87. The van der Waals surface area contributed by atoms with Crippen molar-refractivity contribution in [3.63, 3.8) is 0 Å². The molecule has 0 aromatic heterocycles. The first-order chi connectivity index (χ1) is 7.08. The summed E-state index contributed by atoms with van der Waals surface area (Å²) in [6.07, 6.45) is 0.468. The summed E-state index contributed by atoms with van der Waals surface area (Å²) in [5.41, 5.74) is 3.04. The maximum atomic E-state index is 11.3. The third kappa shape index (κ3) is 2.72. The number of anilines is 1. The van der Waals surface area contributed by atoms with E-state index in [4.69, 9.17) is 4.74 Å². The zero-order chi connectivity index (χ0) is 11.4. The summed E-state index contributed by atoms with van der Waals surface area (Å²) in [5, 5.41) is 2.82. The number of amides is 1. The standard InChI is InChI=1S/C12H17NO2/c1-5-12(14)13-10-6-8(2)9(3)7-11(10)15-4/h6-7H,5H2,1-4H3,(H,13,14). The van der Waals surface area contributed by atoms with E-state index in [2.05, 4.69) is 5.32 Å². The van der Waals surface area contributed by atoms with Gasteiger partial charge in [0.1, 0.15) is 5.75 Å². The van der Waals surface area contributed by atoms with Crippen molar-refractivity contribution in [1.82, 2.24) is 0 Å². The lowest BCUT2D eigenvalue weighted by atomic mass is 10.1. The van der Waals surface area contributed by atoms with Crippen LogP contribution in [0.2, 0.25) is 0 Å². The minimum Gasteiger partial charge on any atom is -0.495 e. The van der Waals surface area contributed by atoms with Gasteiger partial charge in [-0.25, -0.2) is 0 Å². The minimum atomic E-state index is -0.00319. The van der Waals surface area contributed by atoms with Crippen LogP contribution in [0.1, 0.15) is 24.5 Å². The molecule has 1 aromatic rings. The number of hydrogen-bond donors (Lipinski definition) is 1. The van der Waals surface area contributed by atoms with Crippen molar-refractivity contribution in [3.8, 4) is 5.75 Å². The first kappa shape index (κ1) is 11.6.